The van der Waals surface area contributed by atoms with Gasteiger partial charge in [-0.15, -0.1) is 0 Å². The van der Waals surface area contributed by atoms with E-state index in [9.17, 15) is 9.59 Å². The van der Waals surface area contributed by atoms with Crippen LogP contribution >= 0.6 is 0 Å². The molecule has 1 N–H and O–H groups in total. The van der Waals surface area contributed by atoms with Gasteiger partial charge in [0.15, 0.2) is 0 Å². The molecule has 0 saturated carbocycles. The van der Waals surface area contributed by atoms with Crippen molar-refractivity contribution in [2.24, 2.45) is 0 Å². The number of amides is 2. The number of aliphatic carboxylic acids is 1. The standard InChI is InChI=1S/C13H22N2O3/c1-10-5-4-8-14(10)13(18)15-7-3-2-6-11(15)9-12(16)17/h10-11H,2-9H2,1H3,(H,16,17). The fourth-order valence-electron chi connectivity index (χ4n) is 3.05. The summed E-state index contributed by atoms with van der Waals surface area (Å²) in [4.78, 5) is 27.0. The predicted molar refractivity (Wildman–Crippen MR) is 67.4 cm³/mol. The highest BCUT2D eigenvalue weighted by Gasteiger charge is 2.34. The van der Waals surface area contributed by atoms with Gasteiger partial charge in [0.25, 0.3) is 0 Å². The number of carboxylic acids is 1. The molecule has 2 fully saturated rings. The summed E-state index contributed by atoms with van der Waals surface area (Å²) in [6.45, 7) is 3.59. The van der Waals surface area contributed by atoms with Crippen LogP contribution < -0.4 is 0 Å². The number of carbonyl (C=O) groups excluding carboxylic acids is 1. The van der Waals surface area contributed by atoms with Gasteiger partial charge in [-0.2, -0.15) is 0 Å². The molecule has 0 aromatic heterocycles. The van der Waals surface area contributed by atoms with Crippen molar-refractivity contribution in [2.75, 3.05) is 13.1 Å². The Kier molecular flexibility index (Phi) is 4.09. The Bertz CT molecular complexity index is 332. The summed E-state index contributed by atoms with van der Waals surface area (Å²) in [7, 11) is 0. The highest BCUT2D eigenvalue weighted by molar-refractivity contribution is 5.77. The minimum Gasteiger partial charge on any atom is -0.481 e. The zero-order valence-corrected chi connectivity index (χ0v) is 11.0. The summed E-state index contributed by atoms with van der Waals surface area (Å²) in [5.41, 5.74) is 0. The molecule has 0 aromatic carbocycles. The lowest BCUT2D eigenvalue weighted by Crippen LogP contribution is -2.51. The third kappa shape index (κ3) is 2.76. The zero-order valence-electron chi connectivity index (χ0n) is 11.0. The highest BCUT2D eigenvalue weighted by atomic mass is 16.4. The van der Waals surface area contributed by atoms with Crippen LogP contribution in [-0.4, -0.2) is 52.1 Å². The fourth-order valence-corrected chi connectivity index (χ4v) is 3.05. The van der Waals surface area contributed by atoms with E-state index >= 15 is 0 Å². The van der Waals surface area contributed by atoms with Gasteiger partial charge in [-0.1, -0.05) is 0 Å². The second-order valence-corrected chi connectivity index (χ2v) is 5.41. The van der Waals surface area contributed by atoms with Gasteiger partial charge in [-0.3, -0.25) is 4.79 Å². The number of urea groups is 1. The molecule has 0 radical (unpaired) electrons. The maximum Gasteiger partial charge on any atom is 0.320 e. The normalized spacial score (nSPS) is 28.5. The number of rotatable bonds is 2. The molecule has 0 bridgehead atoms. The fraction of sp³-hybridized carbons (Fsp3) is 0.846. The monoisotopic (exact) mass is 254 g/mol. The quantitative estimate of drug-likeness (QED) is 0.819. The minimum absolute atomic E-state index is 0.0472. The van der Waals surface area contributed by atoms with E-state index in [1.807, 2.05) is 4.90 Å². The largest absolute Gasteiger partial charge is 0.481 e. The number of carboxylic acid groups (broad SMARTS) is 1. The topological polar surface area (TPSA) is 60.9 Å². The molecular formula is C13H22N2O3. The Morgan fingerprint density at radius 2 is 1.83 bits per heavy atom. The number of nitrogens with zero attached hydrogens (tertiary/aromatic N) is 2. The highest BCUT2D eigenvalue weighted by Crippen LogP contribution is 2.25. The summed E-state index contributed by atoms with van der Waals surface area (Å²) >= 11 is 0. The van der Waals surface area contributed by atoms with Crippen molar-refractivity contribution in [3.05, 3.63) is 0 Å². The lowest BCUT2D eigenvalue weighted by Gasteiger charge is -2.38. The second kappa shape index (κ2) is 5.59. The van der Waals surface area contributed by atoms with Crippen molar-refractivity contribution in [1.29, 1.82) is 0 Å². The molecule has 2 aliphatic heterocycles. The second-order valence-electron chi connectivity index (χ2n) is 5.41. The maximum atomic E-state index is 12.5. The molecular weight excluding hydrogens is 232 g/mol. The summed E-state index contributed by atoms with van der Waals surface area (Å²) in [5.74, 6) is -0.811. The van der Waals surface area contributed by atoms with Gasteiger partial charge < -0.3 is 14.9 Å². The molecule has 0 aromatic rings. The number of hydrogen-bond donors (Lipinski definition) is 1. The van der Waals surface area contributed by atoms with Crippen LogP contribution in [0, 0.1) is 0 Å². The number of carbonyl (C=O) groups is 2. The van der Waals surface area contributed by atoms with Gasteiger partial charge in [0.2, 0.25) is 0 Å². The van der Waals surface area contributed by atoms with Crippen molar-refractivity contribution in [3.63, 3.8) is 0 Å². The molecule has 2 amide bonds. The molecule has 5 nitrogen and oxygen atoms in total. The van der Waals surface area contributed by atoms with Crippen LogP contribution in [0.2, 0.25) is 0 Å². The SMILES string of the molecule is CC1CCCN1C(=O)N1CCCCC1CC(=O)O. The number of likely N-dealkylation sites (tertiary alicyclic amines) is 2. The van der Waals surface area contributed by atoms with Gasteiger partial charge in [0.05, 0.1) is 6.42 Å². The van der Waals surface area contributed by atoms with E-state index in [0.717, 1.165) is 38.6 Å². The lowest BCUT2D eigenvalue weighted by molar-refractivity contribution is -0.138. The minimum atomic E-state index is -0.811. The van der Waals surface area contributed by atoms with Crippen molar-refractivity contribution in [2.45, 2.75) is 57.5 Å². The average molecular weight is 254 g/mol. The Morgan fingerprint density at radius 3 is 2.44 bits per heavy atom. The van der Waals surface area contributed by atoms with E-state index in [4.69, 9.17) is 5.11 Å². The van der Waals surface area contributed by atoms with E-state index in [1.54, 1.807) is 4.90 Å². The summed E-state index contributed by atoms with van der Waals surface area (Å²) < 4.78 is 0. The van der Waals surface area contributed by atoms with Crippen molar-refractivity contribution < 1.29 is 14.7 Å². The van der Waals surface area contributed by atoms with Crippen LogP contribution in [-0.2, 0) is 4.79 Å². The van der Waals surface area contributed by atoms with E-state index < -0.39 is 5.97 Å². The summed E-state index contributed by atoms with van der Waals surface area (Å²) in [5, 5.41) is 8.93. The number of piperidine rings is 1. The van der Waals surface area contributed by atoms with Crippen molar-refractivity contribution in [3.8, 4) is 0 Å². The Morgan fingerprint density at radius 1 is 1.11 bits per heavy atom. The van der Waals surface area contributed by atoms with Gasteiger partial charge in [-0.05, 0) is 39.0 Å². The first kappa shape index (κ1) is 13.2. The van der Waals surface area contributed by atoms with Crippen LogP contribution in [0.15, 0.2) is 0 Å². The first-order chi connectivity index (χ1) is 8.59. The van der Waals surface area contributed by atoms with Crippen molar-refractivity contribution >= 4 is 12.0 Å². The zero-order chi connectivity index (χ0) is 13.1. The molecule has 0 aliphatic carbocycles. The number of hydrogen-bond acceptors (Lipinski definition) is 2. The molecule has 2 unspecified atom stereocenters. The average Bonchev–Trinajstić information content (AvgIpc) is 2.74. The summed E-state index contributed by atoms with van der Waals surface area (Å²) in [6, 6.07) is 0.229. The third-order valence-electron chi connectivity index (χ3n) is 4.08. The molecule has 2 atom stereocenters. The van der Waals surface area contributed by atoms with Crippen LogP contribution in [0.1, 0.15) is 45.4 Å². The molecule has 2 saturated heterocycles. The first-order valence-corrected chi connectivity index (χ1v) is 6.88. The maximum absolute atomic E-state index is 12.5. The molecule has 5 heteroatoms. The van der Waals surface area contributed by atoms with Crippen molar-refractivity contribution in [1.82, 2.24) is 9.80 Å². The molecule has 2 rings (SSSR count). The third-order valence-corrected chi connectivity index (χ3v) is 4.08. The molecule has 2 heterocycles. The first-order valence-electron chi connectivity index (χ1n) is 6.88. The van der Waals surface area contributed by atoms with E-state index in [2.05, 4.69) is 6.92 Å². The molecule has 2 aliphatic rings. The molecule has 0 spiro atoms. The lowest BCUT2D eigenvalue weighted by atomic mass is 10.00. The van der Waals surface area contributed by atoms with Crippen LogP contribution in [0.5, 0.6) is 0 Å². The van der Waals surface area contributed by atoms with E-state index in [1.165, 1.54) is 0 Å². The van der Waals surface area contributed by atoms with Gasteiger partial charge in [0.1, 0.15) is 0 Å². The van der Waals surface area contributed by atoms with Crippen LogP contribution in [0.4, 0.5) is 4.79 Å². The predicted octanol–water partition coefficient (Wildman–Crippen LogP) is 1.92. The Balaban J connectivity index is 2.03. The molecule has 18 heavy (non-hydrogen) atoms. The smallest absolute Gasteiger partial charge is 0.320 e. The van der Waals surface area contributed by atoms with E-state index in [0.29, 0.717) is 12.6 Å². The van der Waals surface area contributed by atoms with Gasteiger partial charge in [-0.25, -0.2) is 4.79 Å². The molecule has 102 valence electrons. The summed E-state index contributed by atoms with van der Waals surface area (Å²) in [6.07, 6.45) is 5.03. The van der Waals surface area contributed by atoms with Crippen LogP contribution in [0.3, 0.4) is 0 Å². The van der Waals surface area contributed by atoms with Gasteiger partial charge >= 0.3 is 12.0 Å². The Hall–Kier alpha value is -1.26. The van der Waals surface area contributed by atoms with E-state index in [-0.39, 0.29) is 18.5 Å². The van der Waals surface area contributed by atoms with Crippen LogP contribution in [0.25, 0.3) is 0 Å². The van der Waals surface area contributed by atoms with Gasteiger partial charge in [0, 0.05) is 25.2 Å². The Labute approximate surface area is 108 Å².